The highest BCUT2D eigenvalue weighted by molar-refractivity contribution is 7.98. The molecule has 0 bridgehead atoms. The van der Waals surface area contributed by atoms with E-state index in [1.807, 2.05) is 61.7 Å². The first kappa shape index (κ1) is 22.0. The number of ether oxygens (including phenoxy) is 1. The molecular weight excluding hydrogens is 398 g/mol. The molecule has 3 amide bonds. The number of hydrogen-bond donors (Lipinski definition) is 2. The van der Waals surface area contributed by atoms with Crippen LogP contribution in [0.5, 0.6) is 5.75 Å². The summed E-state index contributed by atoms with van der Waals surface area (Å²) in [4.78, 5) is 28.3. The minimum absolute atomic E-state index is 0.0334. The second-order valence-corrected chi connectivity index (χ2v) is 8.62. The minimum Gasteiger partial charge on any atom is -0.497 e. The molecule has 0 saturated carbocycles. The number of benzene rings is 2. The Bertz CT molecular complexity index is 878. The number of carbonyl (C=O) groups is 2. The minimum atomic E-state index is -0.470. The van der Waals surface area contributed by atoms with Crippen molar-refractivity contribution in [2.45, 2.75) is 31.2 Å². The van der Waals surface area contributed by atoms with Crippen LogP contribution in [0.4, 0.5) is 10.5 Å². The fourth-order valence-electron chi connectivity index (χ4n) is 3.47. The number of methoxy groups -OCH3 is 1. The van der Waals surface area contributed by atoms with E-state index in [-0.39, 0.29) is 11.9 Å². The van der Waals surface area contributed by atoms with Crippen molar-refractivity contribution in [3.8, 4) is 5.75 Å². The molecule has 7 heteroatoms. The Kier molecular flexibility index (Phi) is 7.26. The van der Waals surface area contributed by atoms with Crippen LogP contribution in [0.3, 0.4) is 0 Å². The van der Waals surface area contributed by atoms with Gasteiger partial charge in [-0.15, -0.1) is 11.8 Å². The van der Waals surface area contributed by atoms with Crippen LogP contribution >= 0.6 is 11.8 Å². The molecule has 2 N–H and O–H groups in total. The van der Waals surface area contributed by atoms with Gasteiger partial charge in [0.05, 0.1) is 7.11 Å². The van der Waals surface area contributed by atoms with E-state index in [1.54, 1.807) is 23.8 Å². The molecule has 0 aromatic heterocycles. The van der Waals surface area contributed by atoms with Crippen molar-refractivity contribution < 1.29 is 14.3 Å². The zero-order valence-corrected chi connectivity index (χ0v) is 18.6. The largest absolute Gasteiger partial charge is 0.497 e. The molecule has 160 valence electrons. The lowest BCUT2D eigenvalue weighted by Crippen LogP contribution is -2.49. The summed E-state index contributed by atoms with van der Waals surface area (Å²) in [5.41, 5.74) is 1.34. The van der Waals surface area contributed by atoms with Crippen molar-refractivity contribution in [1.82, 2.24) is 10.2 Å². The SMILES string of the molecule is COc1ccc(CNC(=O)C2(C)CCN(C(=O)Nc3cccc(SC)c3)CC2)cc1. The Morgan fingerprint density at radius 3 is 2.47 bits per heavy atom. The molecule has 0 atom stereocenters. The highest BCUT2D eigenvalue weighted by atomic mass is 32.2. The van der Waals surface area contributed by atoms with E-state index in [0.29, 0.717) is 32.5 Å². The molecule has 1 heterocycles. The van der Waals surface area contributed by atoms with Crippen LogP contribution in [0.2, 0.25) is 0 Å². The Morgan fingerprint density at radius 2 is 1.83 bits per heavy atom. The fraction of sp³-hybridized carbons (Fsp3) is 0.391. The number of anilines is 1. The zero-order chi connectivity index (χ0) is 21.6. The second kappa shape index (κ2) is 9.89. The second-order valence-electron chi connectivity index (χ2n) is 7.74. The summed E-state index contributed by atoms with van der Waals surface area (Å²) in [6.45, 7) is 3.57. The van der Waals surface area contributed by atoms with E-state index in [9.17, 15) is 9.59 Å². The maximum atomic E-state index is 12.8. The van der Waals surface area contributed by atoms with Crippen LogP contribution in [0, 0.1) is 5.41 Å². The van der Waals surface area contributed by atoms with Crippen LogP contribution in [-0.2, 0) is 11.3 Å². The van der Waals surface area contributed by atoms with E-state index >= 15 is 0 Å². The lowest BCUT2D eigenvalue weighted by molar-refractivity contribution is -0.132. The van der Waals surface area contributed by atoms with Gasteiger partial charge in [-0.05, 0) is 55.0 Å². The van der Waals surface area contributed by atoms with Gasteiger partial charge in [0.25, 0.3) is 0 Å². The van der Waals surface area contributed by atoms with Crippen LogP contribution < -0.4 is 15.4 Å². The number of carbonyl (C=O) groups excluding carboxylic acids is 2. The Balaban J connectivity index is 1.49. The van der Waals surface area contributed by atoms with Crippen molar-refractivity contribution >= 4 is 29.4 Å². The van der Waals surface area contributed by atoms with E-state index in [1.165, 1.54) is 0 Å². The summed E-state index contributed by atoms with van der Waals surface area (Å²) < 4.78 is 5.16. The van der Waals surface area contributed by atoms with Crippen molar-refractivity contribution in [2.75, 3.05) is 31.8 Å². The van der Waals surface area contributed by atoms with Gasteiger partial charge in [0.2, 0.25) is 5.91 Å². The molecule has 30 heavy (non-hydrogen) atoms. The van der Waals surface area contributed by atoms with Gasteiger partial charge in [0.1, 0.15) is 5.75 Å². The zero-order valence-electron chi connectivity index (χ0n) is 17.7. The van der Waals surface area contributed by atoms with Gasteiger partial charge in [-0.1, -0.05) is 25.1 Å². The van der Waals surface area contributed by atoms with Gasteiger partial charge >= 0.3 is 6.03 Å². The first-order valence-electron chi connectivity index (χ1n) is 10.0. The van der Waals surface area contributed by atoms with Gasteiger partial charge in [0, 0.05) is 35.6 Å². The number of hydrogen-bond acceptors (Lipinski definition) is 4. The predicted octanol–water partition coefficient (Wildman–Crippen LogP) is 4.37. The normalized spacial score (nSPS) is 15.4. The third-order valence-electron chi connectivity index (χ3n) is 5.64. The first-order chi connectivity index (χ1) is 14.4. The summed E-state index contributed by atoms with van der Waals surface area (Å²) in [6.07, 6.45) is 3.28. The molecule has 0 spiro atoms. The van der Waals surface area contributed by atoms with Gasteiger partial charge in [-0.3, -0.25) is 4.79 Å². The molecule has 6 nitrogen and oxygen atoms in total. The number of likely N-dealkylation sites (tertiary alicyclic amines) is 1. The molecule has 2 aromatic carbocycles. The summed E-state index contributed by atoms with van der Waals surface area (Å²) in [6, 6.07) is 15.3. The Hall–Kier alpha value is -2.67. The average Bonchev–Trinajstić information content (AvgIpc) is 2.78. The summed E-state index contributed by atoms with van der Waals surface area (Å²) in [7, 11) is 1.63. The molecule has 1 aliphatic heterocycles. The third kappa shape index (κ3) is 5.48. The van der Waals surface area contributed by atoms with Crippen molar-refractivity contribution in [2.24, 2.45) is 5.41 Å². The number of urea groups is 1. The number of rotatable bonds is 6. The molecular formula is C23H29N3O3S. The van der Waals surface area contributed by atoms with Crippen LogP contribution in [0.1, 0.15) is 25.3 Å². The quantitative estimate of drug-likeness (QED) is 0.672. The van der Waals surface area contributed by atoms with Crippen molar-refractivity contribution in [1.29, 1.82) is 0 Å². The highest BCUT2D eigenvalue weighted by Crippen LogP contribution is 2.31. The number of nitrogens with one attached hydrogen (secondary N) is 2. The monoisotopic (exact) mass is 427 g/mol. The first-order valence-corrected chi connectivity index (χ1v) is 11.3. The van der Waals surface area contributed by atoms with Gasteiger partial charge in [-0.2, -0.15) is 0 Å². The topological polar surface area (TPSA) is 70.7 Å². The summed E-state index contributed by atoms with van der Waals surface area (Å²) in [5, 5.41) is 6.00. The van der Waals surface area contributed by atoms with Crippen LogP contribution in [0.25, 0.3) is 0 Å². The van der Waals surface area contributed by atoms with E-state index in [2.05, 4.69) is 10.6 Å². The maximum absolute atomic E-state index is 12.8. The van der Waals surface area contributed by atoms with Gasteiger partial charge in [0.15, 0.2) is 0 Å². The van der Waals surface area contributed by atoms with Crippen molar-refractivity contribution in [3.63, 3.8) is 0 Å². The molecule has 0 radical (unpaired) electrons. The molecule has 1 fully saturated rings. The van der Waals surface area contributed by atoms with Crippen LogP contribution in [-0.4, -0.2) is 43.3 Å². The standard InChI is InChI=1S/C23H29N3O3S/c1-23(21(27)24-16-17-7-9-19(29-2)10-8-17)11-13-26(14-12-23)22(28)25-18-5-4-6-20(15-18)30-3/h4-10,15H,11-14,16H2,1-3H3,(H,24,27)(H,25,28). The fourth-order valence-corrected chi connectivity index (χ4v) is 3.93. The number of piperidine rings is 1. The van der Waals surface area contributed by atoms with E-state index in [4.69, 9.17) is 4.74 Å². The molecule has 3 rings (SSSR count). The maximum Gasteiger partial charge on any atom is 0.321 e. The van der Waals surface area contributed by atoms with E-state index < -0.39 is 5.41 Å². The Labute approximate surface area is 182 Å². The third-order valence-corrected chi connectivity index (χ3v) is 6.36. The molecule has 2 aromatic rings. The number of nitrogens with zero attached hydrogens (tertiary/aromatic N) is 1. The summed E-state index contributed by atoms with van der Waals surface area (Å²) in [5.74, 6) is 0.828. The number of thioether (sulfide) groups is 1. The molecule has 1 aliphatic rings. The lowest BCUT2D eigenvalue weighted by atomic mass is 9.79. The van der Waals surface area contributed by atoms with Gasteiger partial charge in [-0.25, -0.2) is 4.79 Å². The summed E-state index contributed by atoms with van der Waals surface area (Å²) >= 11 is 1.64. The molecule has 0 aliphatic carbocycles. The highest BCUT2D eigenvalue weighted by Gasteiger charge is 2.37. The molecule has 1 saturated heterocycles. The Morgan fingerprint density at radius 1 is 1.13 bits per heavy atom. The van der Waals surface area contributed by atoms with Crippen molar-refractivity contribution in [3.05, 3.63) is 54.1 Å². The van der Waals surface area contributed by atoms with E-state index in [0.717, 1.165) is 21.9 Å². The average molecular weight is 428 g/mol. The van der Waals surface area contributed by atoms with Gasteiger partial charge < -0.3 is 20.3 Å². The lowest BCUT2D eigenvalue weighted by Gasteiger charge is -2.38. The predicted molar refractivity (Wildman–Crippen MR) is 121 cm³/mol. The van der Waals surface area contributed by atoms with Crippen LogP contribution in [0.15, 0.2) is 53.4 Å². The number of amides is 3. The molecule has 0 unspecified atom stereocenters. The smallest absolute Gasteiger partial charge is 0.321 e.